The maximum atomic E-state index is 11.0. The van der Waals surface area contributed by atoms with Gasteiger partial charge in [-0.1, -0.05) is 0 Å². The molecule has 0 amide bonds. The molecule has 1 heterocycles. The number of aliphatic hydroxyl groups is 1. The van der Waals surface area contributed by atoms with E-state index in [1.54, 1.807) is 6.92 Å². The van der Waals surface area contributed by atoms with Gasteiger partial charge in [0.25, 0.3) is 0 Å². The number of aliphatic imine (C=N–C) groups is 1. The third kappa shape index (κ3) is 11.0. The fourth-order valence-electron chi connectivity index (χ4n) is 1.79. The first-order chi connectivity index (χ1) is 11.2. The highest BCUT2D eigenvalue weighted by Gasteiger charge is 2.23. The van der Waals surface area contributed by atoms with E-state index in [1.807, 2.05) is 23.8 Å². The zero-order valence-corrected chi connectivity index (χ0v) is 18.8. The van der Waals surface area contributed by atoms with Crippen molar-refractivity contribution in [1.82, 2.24) is 10.6 Å². The van der Waals surface area contributed by atoms with Crippen molar-refractivity contribution < 1.29 is 18.3 Å². The van der Waals surface area contributed by atoms with E-state index < -0.39 is 15.4 Å². The van der Waals surface area contributed by atoms with Gasteiger partial charge in [0.15, 0.2) is 5.96 Å². The van der Waals surface area contributed by atoms with Gasteiger partial charge >= 0.3 is 0 Å². The molecule has 1 aromatic rings. The van der Waals surface area contributed by atoms with E-state index in [-0.39, 0.29) is 42.9 Å². The lowest BCUT2D eigenvalue weighted by Crippen LogP contribution is -2.40. The number of sulfone groups is 1. The van der Waals surface area contributed by atoms with Crippen LogP contribution in [0.15, 0.2) is 21.8 Å². The predicted octanol–water partition coefficient (Wildman–Crippen LogP) is 1.19. The number of nitrogens with zero attached hydrogens (tertiary/aromatic N) is 1. The molecule has 1 aromatic heterocycles. The highest BCUT2D eigenvalue weighted by Crippen LogP contribution is 2.23. The zero-order chi connectivity index (χ0) is 18.1. The summed E-state index contributed by atoms with van der Waals surface area (Å²) in [5.41, 5.74) is -0.176. The van der Waals surface area contributed by atoms with E-state index in [2.05, 4.69) is 15.6 Å². The van der Waals surface area contributed by atoms with Crippen LogP contribution in [-0.2, 0) is 20.2 Å². The number of hydrogen-bond donors (Lipinski definition) is 3. The Balaban J connectivity index is 0.00000576. The minimum Gasteiger partial charge on any atom is -0.383 e. The van der Waals surface area contributed by atoms with Gasteiger partial charge in [-0.2, -0.15) is 11.3 Å². The van der Waals surface area contributed by atoms with E-state index in [9.17, 15) is 13.5 Å². The zero-order valence-electron chi connectivity index (χ0n) is 14.8. The second-order valence-corrected chi connectivity index (χ2v) is 8.69. The molecule has 25 heavy (non-hydrogen) atoms. The number of ether oxygens (including phenoxy) is 1. The largest absolute Gasteiger partial charge is 0.383 e. The molecule has 10 heteroatoms. The van der Waals surface area contributed by atoms with Crippen molar-refractivity contribution in [2.75, 3.05) is 44.9 Å². The van der Waals surface area contributed by atoms with Crippen molar-refractivity contribution in [2.24, 2.45) is 4.99 Å². The summed E-state index contributed by atoms with van der Waals surface area (Å²) in [5.74, 6) is 0.602. The minimum absolute atomic E-state index is 0. The number of hydrogen-bond acceptors (Lipinski definition) is 6. The van der Waals surface area contributed by atoms with Gasteiger partial charge in [0, 0.05) is 19.3 Å². The van der Waals surface area contributed by atoms with Gasteiger partial charge < -0.3 is 20.5 Å². The molecule has 1 rings (SSSR count). The van der Waals surface area contributed by atoms with Crippen molar-refractivity contribution >= 4 is 51.1 Å². The Morgan fingerprint density at radius 2 is 2.12 bits per heavy atom. The third-order valence-corrected chi connectivity index (χ3v) is 4.76. The van der Waals surface area contributed by atoms with Gasteiger partial charge in [0.1, 0.15) is 15.4 Å². The van der Waals surface area contributed by atoms with Gasteiger partial charge in [-0.25, -0.2) is 13.4 Å². The Morgan fingerprint density at radius 3 is 2.68 bits per heavy atom. The van der Waals surface area contributed by atoms with Crippen LogP contribution in [0.3, 0.4) is 0 Å². The van der Waals surface area contributed by atoms with Crippen LogP contribution in [0.5, 0.6) is 0 Å². The molecule has 0 aliphatic heterocycles. The molecule has 0 spiro atoms. The van der Waals surface area contributed by atoms with Gasteiger partial charge in [-0.05, 0) is 36.2 Å². The van der Waals surface area contributed by atoms with Crippen LogP contribution in [0.4, 0.5) is 0 Å². The topological polar surface area (TPSA) is 100 Å². The standard InChI is InChI=1S/C15H27N3O4S2.HI/c1-4-16-14(17-6-7-22-8-10-24(3,20)21)18-12-15(2,19)13-5-9-23-11-13;/h5,9,11,19H,4,6-8,10,12H2,1-3H3,(H2,16,17,18);1H. The molecule has 0 radical (unpaired) electrons. The van der Waals surface area contributed by atoms with Gasteiger partial charge in [-0.3, -0.25) is 0 Å². The molecule has 1 unspecified atom stereocenters. The van der Waals surface area contributed by atoms with Crippen LogP contribution in [-0.4, -0.2) is 64.3 Å². The maximum absolute atomic E-state index is 11.0. The molecule has 7 nitrogen and oxygen atoms in total. The fraction of sp³-hybridized carbons (Fsp3) is 0.667. The summed E-state index contributed by atoms with van der Waals surface area (Å²) >= 11 is 1.54. The Bertz CT molecular complexity index is 604. The minimum atomic E-state index is -2.99. The number of guanidine groups is 1. The lowest BCUT2D eigenvalue weighted by molar-refractivity contribution is 0.0677. The van der Waals surface area contributed by atoms with E-state index >= 15 is 0 Å². The smallest absolute Gasteiger partial charge is 0.191 e. The molecule has 0 aliphatic carbocycles. The van der Waals surface area contributed by atoms with Crippen molar-refractivity contribution in [3.63, 3.8) is 0 Å². The van der Waals surface area contributed by atoms with E-state index in [1.165, 1.54) is 17.6 Å². The summed E-state index contributed by atoms with van der Waals surface area (Å²) in [6, 6.07) is 1.89. The predicted molar refractivity (Wildman–Crippen MR) is 114 cm³/mol. The normalized spacial score (nSPS) is 14.5. The van der Waals surface area contributed by atoms with Crippen LogP contribution in [0, 0.1) is 0 Å². The number of thiophene rings is 1. The summed E-state index contributed by atoms with van der Waals surface area (Å²) in [6.07, 6.45) is 1.18. The molecule has 0 bridgehead atoms. The number of nitrogens with one attached hydrogen (secondary N) is 2. The Labute approximate surface area is 171 Å². The molecule has 0 saturated heterocycles. The highest BCUT2D eigenvalue weighted by molar-refractivity contribution is 14.0. The fourth-order valence-corrected chi connectivity index (χ4v) is 2.99. The number of rotatable bonds is 10. The first-order valence-corrected chi connectivity index (χ1v) is 10.8. The van der Waals surface area contributed by atoms with Crippen LogP contribution < -0.4 is 10.6 Å². The van der Waals surface area contributed by atoms with Crippen LogP contribution in [0.1, 0.15) is 19.4 Å². The van der Waals surface area contributed by atoms with Gasteiger partial charge in [-0.15, -0.1) is 24.0 Å². The Hall–Kier alpha value is -0.430. The lowest BCUT2D eigenvalue weighted by atomic mass is 10.00. The molecule has 146 valence electrons. The highest BCUT2D eigenvalue weighted by atomic mass is 127. The summed E-state index contributed by atoms with van der Waals surface area (Å²) in [4.78, 5) is 4.40. The first kappa shape index (κ1) is 24.6. The molecule has 0 fully saturated rings. The Morgan fingerprint density at radius 1 is 1.40 bits per heavy atom. The maximum Gasteiger partial charge on any atom is 0.191 e. The SMILES string of the molecule is CCNC(=NCC(C)(O)c1ccsc1)NCCOCCS(C)(=O)=O.I. The van der Waals surface area contributed by atoms with Crippen molar-refractivity contribution in [2.45, 2.75) is 19.4 Å². The molecule has 1 atom stereocenters. The molecule has 0 saturated carbocycles. The molecular weight excluding hydrogens is 477 g/mol. The average molecular weight is 505 g/mol. The van der Waals surface area contributed by atoms with E-state index in [0.717, 1.165) is 5.56 Å². The van der Waals surface area contributed by atoms with Crippen LogP contribution >= 0.6 is 35.3 Å². The van der Waals surface area contributed by atoms with Crippen LogP contribution in [0.2, 0.25) is 0 Å². The van der Waals surface area contributed by atoms with Crippen molar-refractivity contribution in [1.29, 1.82) is 0 Å². The van der Waals surface area contributed by atoms with Crippen LogP contribution in [0.25, 0.3) is 0 Å². The lowest BCUT2D eigenvalue weighted by Gasteiger charge is -2.21. The van der Waals surface area contributed by atoms with Gasteiger partial charge in [0.2, 0.25) is 0 Å². The summed E-state index contributed by atoms with van der Waals surface area (Å²) in [7, 11) is -2.99. The van der Waals surface area contributed by atoms with Gasteiger partial charge in [0.05, 0.1) is 25.5 Å². The quantitative estimate of drug-likeness (QED) is 0.191. The van der Waals surface area contributed by atoms with Crippen molar-refractivity contribution in [3.05, 3.63) is 22.4 Å². The second-order valence-electron chi connectivity index (χ2n) is 5.65. The molecular formula is C15H28IN3O4S2. The molecule has 3 N–H and O–H groups in total. The average Bonchev–Trinajstić information content (AvgIpc) is 3.02. The summed E-state index contributed by atoms with van der Waals surface area (Å²) in [5, 5.41) is 20.5. The molecule has 0 aromatic carbocycles. The summed E-state index contributed by atoms with van der Waals surface area (Å²) in [6.45, 7) is 5.67. The Kier molecular flexibility index (Phi) is 11.8. The van der Waals surface area contributed by atoms with Crippen molar-refractivity contribution in [3.8, 4) is 0 Å². The third-order valence-electron chi connectivity index (χ3n) is 3.17. The van der Waals surface area contributed by atoms with E-state index in [0.29, 0.717) is 25.7 Å². The van der Waals surface area contributed by atoms with E-state index in [4.69, 9.17) is 4.74 Å². The first-order valence-electron chi connectivity index (χ1n) is 7.77. The second kappa shape index (κ2) is 12.0. The summed E-state index contributed by atoms with van der Waals surface area (Å²) < 4.78 is 27.2. The monoisotopic (exact) mass is 505 g/mol. The molecule has 0 aliphatic rings. The number of halogens is 1.